The van der Waals surface area contributed by atoms with Crippen LogP contribution in [-0.4, -0.2) is 26.6 Å². The summed E-state index contributed by atoms with van der Waals surface area (Å²) < 4.78 is 6.56. The average Bonchev–Trinajstić information content (AvgIpc) is 2.57. The Kier molecular flexibility index (Phi) is 4.14. The highest BCUT2D eigenvalue weighted by Crippen LogP contribution is 2.22. The van der Waals surface area contributed by atoms with E-state index in [9.17, 15) is 9.90 Å². The SMILES string of the molecule is COc1cccn2c(=O)c(CO)c(Nc3ccc(Cl)nc3)nc12. The molecule has 8 heteroatoms. The Balaban J connectivity index is 2.18. The van der Waals surface area contributed by atoms with Crippen molar-refractivity contribution < 1.29 is 9.84 Å². The predicted molar refractivity (Wildman–Crippen MR) is 86.5 cm³/mol. The highest BCUT2D eigenvalue weighted by atomic mass is 35.5. The largest absolute Gasteiger partial charge is 0.493 e. The molecule has 0 bridgehead atoms. The first-order valence-corrected chi connectivity index (χ1v) is 7.09. The van der Waals surface area contributed by atoms with Gasteiger partial charge in [-0.05, 0) is 24.3 Å². The Morgan fingerprint density at radius 3 is 2.87 bits per heavy atom. The van der Waals surface area contributed by atoms with Crippen molar-refractivity contribution in [2.75, 3.05) is 12.4 Å². The zero-order chi connectivity index (χ0) is 16.4. The van der Waals surface area contributed by atoms with Crippen LogP contribution in [-0.2, 0) is 6.61 Å². The number of nitrogens with zero attached hydrogens (tertiary/aromatic N) is 3. The van der Waals surface area contributed by atoms with Crippen LogP contribution in [0.2, 0.25) is 5.15 Å². The number of ether oxygens (including phenoxy) is 1. The third-order valence-electron chi connectivity index (χ3n) is 3.28. The number of rotatable bonds is 4. The van der Waals surface area contributed by atoms with Gasteiger partial charge in [-0.2, -0.15) is 0 Å². The van der Waals surface area contributed by atoms with Crippen molar-refractivity contribution in [3.8, 4) is 5.75 Å². The number of aliphatic hydroxyl groups excluding tert-OH is 1. The maximum absolute atomic E-state index is 12.5. The number of methoxy groups -OCH3 is 1. The summed E-state index contributed by atoms with van der Waals surface area (Å²) in [7, 11) is 1.50. The smallest absolute Gasteiger partial charge is 0.265 e. The number of nitrogens with one attached hydrogen (secondary N) is 1. The van der Waals surface area contributed by atoms with Crippen LogP contribution in [0.25, 0.3) is 5.65 Å². The third-order valence-corrected chi connectivity index (χ3v) is 3.50. The highest BCUT2D eigenvalue weighted by molar-refractivity contribution is 6.29. The molecule has 118 valence electrons. The zero-order valence-electron chi connectivity index (χ0n) is 12.2. The Labute approximate surface area is 136 Å². The summed E-state index contributed by atoms with van der Waals surface area (Å²) in [5, 5.41) is 12.9. The van der Waals surface area contributed by atoms with Gasteiger partial charge in [-0.3, -0.25) is 9.20 Å². The average molecular weight is 333 g/mol. The van der Waals surface area contributed by atoms with Gasteiger partial charge in [-0.25, -0.2) is 9.97 Å². The van der Waals surface area contributed by atoms with Crippen molar-refractivity contribution in [3.05, 3.63) is 57.7 Å². The molecule has 23 heavy (non-hydrogen) atoms. The summed E-state index contributed by atoms with van der Waals surface area (Å²) >= 11 is 5.75. The normalized spacial score (nSPS) is 10.7. The van der Waals surface area contributed by atoms with E-state index in [4.69, 9.17) is 16.3 Å². The topological polar surface area (TPSA) is 88.8 Å². The standard InChI is InChI=1S/C15H13ClN4O3/c1-23-11-3-2-6-20-14(11)19-13(10(8-21)15(20)22)18-9-4-5-12(16)17-7-9/h2-7,18,21H,8H2,1H3. The number of anilines is 2. The molecule has 3 aromatic rings. The minimum Gasteiger partial charge on any atom is -0.493 e. The number of fused-ring (bicyclic) bond motifs is 1. The fourth-order valence-corrected chi connectivity index (χ4v) is 2.28. The van der Waals surface area contributed by atoms with E-state index < -0.39 is 6.61 Å². The van der Waals surface area contributed by atoms with E-state index in [0.717, 1.165) is 0 Å². The second kappa shape index (κ2) is 6.23. The monoisotopic (exact) mass is 332 g/mol. The molecule has 0 saturated heterocycles. The van der Waals surface area contributed by atoms with Gasteiger partial charge in [0.1, 0.15) is 11.0 Å². The number of aromatic nitrogens is 3. The number of halogens is 1. The molecule has 0 amide bonds. The van der Waals surface area contributed by atoms with E-state index in [2.05, 4.69) is 15.3 Å². The van der Waals surface area contributed by atoms with Crippen molar-refractivity contribution in [2.45, 2.75) is 6.61 Å². The van der Waals surface area contributed by atoms with E-state index in [1.807, 2.05) is 0 Å². The third kappa shape index (κ3) is 2.84. The lowest BCUT2D eigenvalue weighted by molar-refractivity contribution is 0.280. The molecule has 3 heterocycles. The minimum absolute atomic E-state index is 0.144. The Hall–Kier alpha value is -2.64. The predicted octanol–water partition coefficient (Wildman–Crippen LogP) is 1.99. The Bertz CT molecular complexity index is 909. The number of aliphatic hydroxyl groups is 1. The molecule has 0 spiro atoms. The molecule has 7 nitrogen and oxygen atoms in total. The van der Waals surface area contributed by atoms with Gasteiger partial charge in [0, 0.05) is 6.20 Å². The van der Waals surface area contributed by atoms with Crippen LogP contribution >= 0.6 is 11.6 Å². The van der Waals surface area contributed by atoms with Gasteiger partial charge in [0.2, 0.25) is 0 Å². The highest BCUT2D eigenvalue weighted by Gasteiger charge is 2.14. The van der Waals surface area contributed by atoms with Crippen molar-refractivity contribution in [2.24, 2.45) is 0 Å². The Morgan fingerprint density at radius 2 is 2.22 bits per heavy atom. The lowest BCUT2D eigenvalue weighted by Gasteiger charge is -2.12. The lowest BCUT2D eigenvalue weighted by atomic mass is 10.3. The molecule has 3 aromatic heterocycles. The first-order chi connectivity index (χ1) is 11.1. The van der Waals surface area contributed by atoms with Crippen molar-refractivity contribution >= 4 is 28.8 Å². The van der Waals surface area contributed by atoms with Gasteiger partial charge >= 0.3 is 0 Å². The summed E-state index contributed by atoms with van der Waals surface area (Å²) in [6, 6.07) is 6.68. The second-order valence-corrected chi connectivity index (χ2v) is 5.05. The van der Waals surface area contributed by atoms with Gasteiger partial charge < -0.3 is 15.2 Å². The fourth-order valence-electron chi connectivity index (χ4n) is 2.16. The Morgan fingerprint density at radius 1 is 1.39 bits per heavy atom. The van der Waals surface area contributed by atoms with Crippen molar-refractivity contribution in [1.82, 2.24) is 14.4 Å². The van der Waals surface area contributed by atoms with Crippen molar-refractivity contribution in [1.29, 1.82) is 0 Å². The van der Waals surface area contributed by atoms with E-state index >= 15 is 0 Å². The molecule has 0 atom stereocenters. The molecule has 0 saturated carbocycles. The van der Waals surface area contributed by atoms with Crippen LogP contribution in [0.15, 0.2) is 41.5 Å². The van der Waals surface area contributed by atoms with Gasteiger partial charge in [0.15, 0.2) is 11.4 Å². The first-order valence-electron chi connectivity index (χ1n) is 6.71. The summed E-state index contributed by atoms with van der Waals surface area (Å²) in [5.74, 6) is 0.692. The molecule has 0 aliphatic heterocycles. The maximum Gasteiger partial charge on any atom is 0.265 e. The molecule has 0 radical (unpaired) electrons. The molecule has 2 N–H and O–H groups in total. The van der Waals surface area contributed by atoms with Crippen LogP contribution < -0.4 is 15.6 Å². The number of hydrogen-bond acceptors (Lipinski definition) is 6. The van der Waals surface area contributed by atoms with Crippen LogP contribution in [0.5, 0.6) is 5.75 Å². The summed E-state index contributed by atoms with van der Waals surface area (Å²) in [6.45, 7) is -0.449. The second-order valence-electron chi connectivity index (χ2n) is 4.67. The van der Waals surface area contributed by atoms with E-state index in [0.29, 0.717) is 22.2 Å². The zero-order valence-corrected chi connectivity index (χ0v) is 12.9. The molecule has 0 unspecified atom stereocenters. The van der Waals surface area contributed by atoms with Gasteiger partial charge in [-0.15, -0.1) is 0 Å². The van der Waals surface area contributed by atoms with Gasteiger partial charge in [-0.1, -0.05) is 11.6 Å². The van der Waals surface area contributed by atoms with Crippen LogP contribution in [0.1, 0.15) is 5.56 Å². The van der Waals surface area contributed by atoms with Gasteiger partial charge in [0.25, 0.3) is 5.56 Å². The minimum atomic E-state index is -0.449. The fraction of sp³-hybridized carbons (Fsp3) is 0.133. The molecule has 0 aromatic carbocycles. The van der Waals surface area contributed by atoms with E-state index in [1.54, 1.807) is 30.5 Å². The summed E-state index contributed by atoms with van der Waals surface area (Å²) in [4.78, 5) is 20.9. The molecular weight excluding hydrogens is 320 g/mol. The van der Waals surface area contributed by atoms with Crippen molar-refractivity contribution in [3.63, 3.8) is 0 Å². The van der Waals surface area contributed by atoms with Crippen LogP contribution in [0, 0.1) is 0 Å². The van der Waals surface area contributed by atoms with E-state index in [1.165, 1.54) is 17.7 Å². The van der Waals surface area contributed by atoms with Gasteiger partial charge in [0.05, 0.1) is 31.2 Å². The molecule has 3 rings (SSSR count). The molecule has 0 aliphatic rings. The first kappa shape index (κ1) is 15.3. The molecule has 0 fully saturated rings. The van der Waals surface area contributed by atoms with Crippen LogP contribution in [0.4, 0.5) is 11.5 Å². The lowest BCUT2D eigenvalue weighted by Crippen LogP contribution is -2.22. The molecular formula is C15H13ClN4O3. The van der Waals surface area contributed by atoms with E-state index in [-0.39, 0.29) is 16.9 Å². The summed E-state index contributed by atoms with van der Waals surface area (Å²) in [5.41, 5.74) is 0.711. The summed E-state index contributed by atoms with van der Waals surface area (Å²) in [6.07, 6.45) is 3.08. The quantitative estimate of drug-likeness (QED) is 0.710. The maximum atomic E-state index is 12.5. The molecule has 0 aliphatic carbocycles. The van der Waals surface area contributed by atoms with Crippen LogP contribution in [0.3, 0.4) is 0 Å². The number of pyridine rings is 2. The number of hydrogen-bond donors (Lipinski definition) is 2.